The molecule has 0 saturated carbocycles. The number of nitrogens with one attached hydrogen (secondary N) is 1. The number of amides is 2. The number of pyridine rings is 1. The summed E-state index contributed by atoms with van der Waals surface area (Å²) in [6.45, 7) is 3.13. The predicted molar refractivity (Wildman–Crippen MR) is 94.7 cm³/mol. The molecule has 1 aliphatic heterocycles. The number of carbonyl (C=O) groups excluding carboxylic acids is 2. The van der Waals surface area contributed by atoms with Crippen molar-refractivity contribution in [3.8, 4) is 0 Å². The van der Waals surface area contributed by atoms with Crippen LogP contribution < -0.4 is 10.2 Å². The highest BCUT2D eigenvalue weighted by Crippen LogP contribution is 2.19. The lowest BCUT2D eigenvalue weighted by Gasteiger charge is -2.34. The van der Waals surface area contributed by atoms with Gasteiger partial charge in [0.05, 0.1) is 0 Å². The van der Waals surface area contributed by atoms with E-state index in [1.165, 1.54) is 0 Å². The highest BCUT2D eigenvalue weighted by molar-refractivity contribution is 5.87. The largest absolute Gasteiger partial charge is 0.363 e. The van der Waals surface area contributed by atoms with Crippen LogP contribution in [0.25, 0.3) is 0 Å². The average molecular weight is 332 g/mol. The van der Waals surface area contributed by atoms with Crippen LogP contribution in [0, 0.1) is 0 Å². The number of aromatic nitrogens is 1. The molecule has 24 heavy (non-hydrogen) atoms. The Morgan fingerprint density at radius 2 is 2.17 bits per heavy atom. The van der Waals surface area contributed by atoms with Crippen LogP contribution in [-0.4, -0.2) is 48.4 Å². The average Bonchev–Trinajstić information content (AvgIpc) is 2.60. The van der Waals surface area contributed by atoms with E-state index in [0.717, 1.165) is 37.1 Å². The minimum absolute atomic E-state index is 0.0534. The fourth-order valence-corrected chi connectivity index (χ4v) is 2.98. The van der Waals surface area contributed by atoms with Crippen LogP contribution in [-0.2, 0) is 16.1 Å². The second-order valence-electron chi connectivity index (χ2n) is 6.48. The van der Waals surface area contributed by atoms with Crippen molar-refractivity contribution in [2.75, 3.05) is 25.5 Å². The molecule has 6 nitrogen and oxygen atoms in total. The lowest BCUT2D eigenvalue weighted by atomic mass is 10.0. The fraction of sp³-hybridized carbons (Fsp3) is 0.611. The number of piperidine rings is 1. The summed E-state index contributed by atoms with van der Waals surface area (Å²) in [5.41, 5.74) is 1.00. The van der Waals surface area contributed by atoms with E-state index in [4.69, 9.17) is 0 Å². The van der Waals surface area contributed by atoms with Crippen LogP contribution >= 0.6 is 0 Å². The Morgan fingerprint density at radius 1 is 1.38 bits per heavy atom. The number of rotatable bonds is 6. The van der Waals surface area contributed by atoms with Crippen LogP contribution in [0.5, 0.6) is 0 Å². The van der Waals surface area contributed by atoms with Crippen molar-refractivity contribution in [3.05, 3.63) is 23.9 Å². The monoisotopic (exact) mass is 332 g/mol. The van der Waals surface area contributed by atoms with Gasteiger partial charge in [-0.25, -0.2) is 4.98 Å². The van der Waals surface area contributed by atoms with Gasteiger partial charge in [0.15, 0.2) is 0 Å². The second kappa shape index (κ2) is 8.66. The summed E-state index contributed by atoms with van der Waals surface area (Å²) >= 11 is 0. The van der Waals surface area contributed by atoms with Gasteiger partial charge in [0.2, 0.25) is 11.8 Å². The van der Waals surface area contributed by atoms with Gasteiger partial charge in [-0.05, 0) is 43.4 Å². The number of anilines is 1. The molecule has 1 aliphatic rings. The number of nitrogens with zero attached hydrogens (tertiary/aromatic N) is 3. The Bertz CT molecular complexity index is 574. The van der Waals surface area contributed by atoms with Crippen LogP contribution in [0.3, 0.4) is 0 Å². The first-order chi connectivity index (χ1) is 11.5. The van der Waals surface area contributed by atoms with Gasteiger partial charge in [-0.3, -0.25) is 9.59 Å². The van der Waals surface area contributed by atoms with E-state index in [1.54, 1.807) is 11.1 Å². The van der Waals surface area contributed by atoms with Crippen molar-refractivity contribution in [3.63, 3.8) is 0 Å². The number of hydrogen-bond acceptors (Lipinski definition) is 4. The minimum Gasteiger partial charge on any atom is -0.363 e. The minimum atomic E-state index is -0.326. The summed E-state index contributed by atoms with van der Waals surface area (Å²) in [6.07, 6.45) is 5.80. The smallest absolute Gasteiger partial charge is 0.243 e. The predicted octanol–water partition coefficient (Wildman–Crippen LogP) is 1.94. The second-order valence-corrected chi connectivity index (χ2v) is 6.48. The maximum absolute atomic E-state index is 12.6. The zero-order valence-corrected chi connectivity index (χ0v) is 14.9. The van der Waals surface area contributed by atoms with Crippen molar-refractivity contribution in [2.45, 2.75) is 51.6 Å². The number of likely N-dealkylation sites (tertiary alicyclic amines) is 1. The molecule has 0 aliphatic carbocycles. The van der Waals surface area contributed by atoms with Gasteiger partial charge in [0.1, 0.15) is 11.9 Å². The van der Waals surface area contributed by atoms with Crippen molar-refractivity contribution in [1.82, 2.24) is 15.2 Å². The van der Waals surface area contributed by atoms with Gasteiger partial charge >= 0.3 is 0 Å². The van der Waals surface area contributed by atoms with Crippen molar-refractivity contribution < 1.29 is 9.59 Å². The van der Waals surface area contributed by atoms with Crippen LogP contribution in [0.2, 0.25) is 0 Å². The number of hydrogen-bond donors (Lipinski definition) is 1. The third-order valence-corrected chi connectivity index (χ3v) is 4.32. The van der Waals surface area contributed by atoms with Crippen molar-refractivity contribution in [1.29, 1.82) is 0 Å². The third-order valence-electron chi connectivity index (χ3n) is 4.32. The van der Waals surface area contributed by atoms with Crippen LogP contribution in [0.15, 0.2) is 18.3 Å². The molecule has 0 radical (unpaired) electrons. The first kappa shape index (κ1) is 18.2. The molecule has 1 N–H and O–H groups in total. The van der Waals surface area contributed by atoms with E-state index in [-0.39, 0.29) is 17.9 Å². The summed E-state index contributed by atoms with van der Waals surface area (Å²) in [5.74, 6) is 0.901. The Hall–Kier alpha value is -2.11. The van der Waals surface area contributed by atoms with Gasteiger partial charge in [0.25, 0.3) is 0 Å². The Balaban J connectivity index is 1.97. The van der Waals surface area contributed by atoms with Gasteiger partial charge in [-0.15, -0.1) is 0 Å². The normalized spacial score (nSPS) is 17.5. The Labute approximate surface area is 144 Å². The van der Waals surface area contributed by atoms with Gasteiger partial charge < -0.3 is 15.1 Å². The maximum Gasteiger partial charge on any atom is 0.243 e. The van der Waals surface area contributed by atoms with E-state index in [2.05, 4.69) is 10.3 Å². The van der Waals surface area contributed by atoms with E-state index >= 15 is 0 Å². The molecular weight excluding hydrogens is 304 g/mol. The van der Waals surface area contributed by atoms with Crippen LogP contribution in [0.4, 0.5) is 5.82 Å². The molecule has 2 rings (SSSR count). The molecule has 0 unspecified atom stereocenters. The van der Waals surface area contributed by atoms with E-state index in [9.17, 15) is 9.59 Å². The van der Waals surface area contributed by atoms with Gasteiger partial charge in [-0.1, -0.05) is 6.92 Å². The van der Waals surface area contributed by atoms with Crippen molar-refractivity contribution in [2.24, 2.45) is 0 Å². The molecule has 0 aromatic carbocycles. The Morgan fingerprint density at radius 3 is 2.88 bits per heavy atom. The first-order valence-electron chi connectivity index (χ1n) is 8.72. The zero-order valence-electron chi connectivity index (χ0n) is 14.9. The molecule has 0 bridgehead atoms. The summed E-state index contributed by atoms with van der Waals surface area (Å²) in [7, 11) is 3.87. The molecule has 2 amide bonds. The molecule has 6 heteroatoms. The lowest BCUT2D eigenvalue weighted by molar-refractivity contribution is -0.142. The van der Waals surface area contributed by atoms with Gasteiger partial charge in [0, 0.05) is 39.8 Å². The standard InChI is InChI=1S/C18H28N4O2/c1-4-7-17(23)22-11-6-5-8-15(22)18(24)20-13-14-9-10-19-16(12-14)21(2)3/h9-10,12,15H,4-8,11,13H2,1-3H3,(H,20,24)/t15-/m0/s1. The summed E-state index contributed by atoms with van der Waals surface area (Å²) in [4.78, 5) is 32.8. The molecule has 1 fully saturated rings. The highest BCUT2D eigenvalue weighted by Gasteiger charge is 2.31. The SMILES string of the molecule is CCCC(=O)N1CCCC[C@H]1C(=O)NCc1ccnc(N(C)C)c1. The first-order valence-corrected chi connectivity index (χ1v) is 8.72. The topological polar surface area (TPSA) is 65.5 Å². The fourth-order valence-electron chi connectivity index (χ4n) is 2.98. The Kier molecular flexibility index (Phi) is 6.58. The van der Waals surface area contributed by atoms with Crippen LogP contribution in [0.1, 0.15) is 44.6 Å². The van der Waals surface area contributed by atoms with E-state index in [0.29, 0.717) is 19.5 Å². The molecule has 2 heterocycles. The molecular formula is C18H28N4O2. The van der Waals surface area contributed by atoms with E-state index < -0.39 is 0 Å². The maximum atomic E-state index is 12.6. The molecule has 1 aromatic heterocycles. The molecule has 0 spiro atoms. The quantitative estimate of drug-likeness (QED) is 0.865. The lowest BCUT2D eigenvalue weighted by Crippen LogP contribution is -2.51. The summed E-state index contributed by atoms with van der Waals surface area (Å²) < 4.78 is 0. The molecule has 1 atom stereocenters. The summed E-state index contributed by atoms with van der Waals surface area (Å²) in [6, 6.07) is 3.53. The van der Waals surface area contributed by atoms with Crippen molar-refractivity contribution >= 4 is 17.6 Å². The molecule has 1 saturated heterocycles. The van der Waals surface area contributed by atoms with Gasteiger partial charge in [-0.2, -0.15) is 0 Å². The molecule has 132 valence electrons. The summed E-state index contributed by atoms with van der Waals surface area (Å²) in [5, 5.41) is 2.98. The number of carbonyl (C=O) groups is 2. The highest BCUT2D eigenvalue weighted by atomic mass is 16.2. The molecule has 1 aromatic rings. The third kappa shape index (κ3) is 4.69. The zero-order chi connectivity index (χ0) is 17.5. The van der Waals surface area contributed by atoms with E-state index in [1.807, 2.05) is 38.1 Å².